The monoisotopic (exact) mass is 329 g/mol. The number of nitrogens with zero attached hydrogens (tertiary/aromatic N) is 1. The second-order valence-electron chi connectivity index (χ2n) is 8.12. The lowest BCUT2D eigenvalue weighted by Crippen LogP contribution is -2.28. The summed E-state index contributed by atoms with van der Waals surface area (Å²) in [6.07, 6.45) is 6.56. The number of ether oxygens (including phenoxy) is 1. The lowest BCUT2D eigenvalue weighted by atomic mass is 9.74. The Morgan fingerprint density at radius 1 is 1.42 bits per heavy atom. The summed E-state index contributed by atoms with van der Waals surface area (Å²) in [5, 5.41) is 10.5. The zero-order valence-corrected chi connectivity index (χ0v) is 15.0. The van der Waals surface area contributed by atoms with Gasteiger partial charge in [-0.3, -0.25) is 4.98 Å². The highest BCUT2D eigenvalue weighted by Crippen LogP contribution is 2.41. The summed E-state index contributed by atoms with van der Waals surface area (Å²) in [7, 11) is 0. The average molecular weight is 329 g/mol. The van der Waals surface area contributed by atoms with Gasteiger partial charge in [-0.25, -0.2) is 4.79 Å². The number of esters is 1. The summed E-state index contributed by atoms with van der Waals surface area (Å²) in [6, 6.07) is 1.82. The van der Waals surface area contributed by atoms with Crippen molar-refractivity contribution < 1.29 is 14.6 Å². The molecule has 0 saturated carbocycles. The van der Waals surface area contributed by atoms with Gasteiger partial charge < -0.3 is 9.84 Å². The molecule has 0 bridgehead atoms. The Morgan fingerprint density at radius 3 is 2.79 bits per heavy atom. The second-order valence-corrected chi connectivity index (χ2v) is 8.12. The van der Waals surface area contributed by atoms with Gasteiger partial charge in [-0.1, -0.05) is 33.8 Å². The summed E-state index contributed by atoms with van der Waals surface area (Å²) in [5.74, 6) is -0.207. The van der Waals surface area contributed by atoms with Crippen molar-refractivity contribution in [2.75, 3.05) is 0 Å². The van der Waals surface area contributed by atoms with Gasteiger partial charge in [-0.05, 0) is 49.2 Å². The number of pyridine rings is 1. The molecule has 4 heteroatoms. The predicted molar refractivity (Wildman–Crippen MR) is 93.0 cm³/mol. The molecule has 0 radical (unpaired) electrons. The molecule has 2 atom stereocenters. The van der Waals surface area contributed by atoms with Crippen molar-refractivity contribution in [1.29, 1.82) is 0 Å². The molecule has 0 fully saturated rings. The van der Waals surface area contributed by atoms with Crippen LogP contribution in [-0.2, 0) is 11.2 Å². The highest BCUT2D eigenvalue weighted by atomic mass is 16.5. The first kappa shape index (κ1) is 17.2. The minimum atomic E-state index is -0.574. The summed E-state index contributed by atoms with van der Waals surface area (Å²) in [5.41, 5.74) is 2.99. The van der Waals surface area contributed by atoms with E-state index in [9.17, 15) is 9.90 Å². The van der Waals surface area contributed by atoms with Gasteiger partial charge in [0.25, 0.3) is 0 Å². The second kappa shape index (κ2) is 6.32. The van der Waals surface area contributed by atoms with Crippen LogP contribution in [0.4, 0.5) is 0 Å². The molecule has 1 N–H and O–H groups in total. The Hall–Kier alpha value is -1.68. The van der Waals surface area contributed by atoms with Gasteiger partial charge in [0, 0.05) is 11.3 Å². The zero-order valence-electron chi connectivity index (χ0n) is 15.0. The molecule has 2 aliphatic rings. The Bertz CT molecular complexity index is 676. The van der Waals surface area contributed by atoms with Crippen molar-refractivity contribution in [3.8, 4) is 0 Å². The smallest absolute Gasteiger partial charge is 0.340 e. The molecule has 4 nitrogen and oxygen atoms in total. The van der Waals surface area contributed by atoms with Crippen LogP contribution in [0.1, 0.15) is 86.3 Å². The lowest BCUT2D eigenvalue weighted by Gasteiger charge is -2.34. The number of aliphatic hydroxyl groups is 1. The van der Waals surface area contributed by atoms with Crippen LogP contribution in [-0.4, -0.2) is 22.2 Å². The standard InChI is InChI=1S/C20H27NO3/c1-12(2)18-15(19(23)24-13-7-5-6-8-13)9-14-16(21-18)10-20(3,4)11-17(14)22/h5,7,9,12-13,17,22H,6,8,10-11H2,1-4H3. The van der Waals surface area contributed by atoms with Gasteiger partial charge in [-0.2, -0.15) is 0 Å². The highest BCUT2D eigenvalue weighted by molar-refractivity contribution is 5.91. The fraction of sp³-hybridized carbons (Fsp3) is 0.600. The Labute approximate surface area is 143 Å². The first-order valence-electron chi connectivity index (χ1n) is 8.86. The molecule has 1 aromatic rings. The van der Waals surface area contributed by atoms with Crippen LogP contribution >= 0.6 is 0 Å². The minimum Gasteiger partial charge on any atom is -0.454 e. The van der Waals surface area contributed by atoms with E-state index in [2.05, 4.69) is 13.8 Å². The van der Waals surface area contributed by atoms with Gasteiger partial charge >= 0.3 is 5.97 Å². The first-order chi connectivity index (χ1) is 11.3. The van der Waals surface area contributed by atoms with E-state index in [0.29, 0.717) is 12.0 Å². The average Bonchev–Trinajstić information content (AvgIpc) is 2.97. The number of aromatic nitrogens is 1. The maximum atomic E-state index is 12.7. The molecule has 1 heterocycles. The molecule has 0 amide bonds. The Kier molecular flexibility index (Phi) is 4.52. The molecule has 3 rings (SSSR count). The van der Waals surface area contributed by atoms with E-state index < -0.39 is 6.10 Å². The Balaban J connectivity index is 1.98. The van der Waals surface area contributed by atoms with Gasteiger partial charge in [-0.15, -0.1) is 0 Å². The third kappa shape index (κ3) is 3.39. The zero-order chi connectivity index (χ0) is 17.5. The molecule has 0 saturated heterocycles. The summed E-state index contributed by atoms with van der Waals surface area (Å²) < 4.78 is 5.61. The van der Waals surface area contributed by atoms with E-state index in [4.69, 9.17) is 9.72 Å². The van der Waals surface area contributed by atoms with Crippen LogP contribution in [0.2, 0.25) is 0 Å². The molecule has 130 valence electrons. The summed E-state index contributed by atoms with van der Waals surface area (Å²) in [6.45, 7) is 8.35. The summed E-state index contributed by atoms with van der Waals surface area (Å²) in [4.78, 5) is 17.4. The van der Waals surface area contributed by atoms with E-state index in [-0.39, 0.29) is 23.4 Å². The SMILES string of the molecule is CC(C)c1nc2c(cc1C(=O)OC1C=CCC1)C(O)CC(C)(C)C2. The van der Waals surface area contributed by atoms with E-state index in [0.717, 1.165) is 36.2 Å². The lowest BCUT2D eigenvalue weighted by molar-refractivity contribution is 0.0391. The number of carbonyl (C=O) groups excluding carboxylic acids is 1. The van der Waals surface area contributed by atoms with Crippen LogP contribution in [0.3, 0.4) is 0 Å². The number of fused-ring (bicyclic) bond motifs is 1. The number of allylic oxidation sites excluding steroid dienone is 1. The van der Waals surface area contributed by atoms with E-state index in [1.165, 1.54) is 0 Å². The third-order valence-electron chi connectivity index (χ3n) is 4.91. The summed E-state index contributed by atoms with van der Waals surface area (Å²) >= 11 is 0. The molecule has 24 heavy (non-hydrogen) atoms. The molecule has 0 aromatic carbocycles. The number of hydrogen-bond acceptors (Lipinski definition) is 4. The van der Waals surface area contributed by atoms with Crippen molar-refractivity contribution in [3.05, 3.63) is 40.7 Å². The quantitative estimate of drug-likeness (QED) is 0.670. The van der Waals surface area contributed by atoms with Gasteiger partial charge in [0.1, 0.15) is 6.10 Å². The van der Waals surface area contributed by atoms with E-state index in [1.807, 2.05) is 32.1 Å². The molecule has 1 aromatic heterocycles. The third-order valence-corrected chi connectivity index (χ3v) is 4.91. The molecule has 0 spiro atoms. The van der Waals surface area contributed by atoms with E-state index >= 15 is 0 Å². The van der Waals surface area contributed by atoms with Crippen molar-refractivity contribution in [2.24, 2.45) is 5.41 Å². The number of carbonyl (C=O) groups is 1. The van der Waals surface area contributed by atoms with Crippen LogP contribution in [0, 0.1) is 5.41 Å². The molecule has 2 aliphatic carbocycles. The van der Waals surface area contributed by atoms with Crippen molar-refractivity contribution >= 4 is 5.97 Å². The normalized spacial score (nSPS) is 24.9. The van der Waals surface area contributed by atoms with Crippen LogP contribution < -0.4 is 0 Å². The van der Waals surface area contributed by atoms with Gasteiger partial charge in [0.2, 0.25) is 0 Å². The number of aliphatic hydroxyl groups excluding tert-OH is 1. The first-order valence-corrected chi connectivity index (χ1v) is 8.86. The maximum Gasteiger partial charge on any atom is 0.340 e. The van der Waals surface area contributed by atoms with E-state index in [1.54, 1.807) is 0 Å². The van der Waals surface area contributed by atoms with Crippen molar-refractivity contribution in [2.45, 2.75) is 71.5 Å². The van der Waals surface area contributed by atoms with Gasteiger partial charge in [0.05, 0.1) is 17.4 Å². The molecular weight excluding hydrogens is 302 g/mol. The van der Waals surface area contributed by atoms with Crippen LogP contribution in [0.15, 0.2) is 18.2 Å². The van der Waals surface area contributed by atoms with Crippen molar-refractivity contribution in [1.82, 2.24) is 4.98 Å². The maximum absolute atomic E-state index is 12.7. The highest BCUT2D eigenvalue weighted by Gasteiger charge is 2.34. The molecule has 0 aliphatic heterocycles. The molecular formula is C20H27NO3. The van der Waals surface area contributed by atoms with Gasteiger partial charge in [0.15, 0.2) is 0 Å². The Morgan fingerprint density at radius 2 is 2.17 bits per heavy atom. The predicted octanol–water partition coefficient (Wildman–Crippen LogP) is 4.09. The molecule has 2 unspecified atom stereocenters. The fourth-order valence-corrected chi connectivity index (χ4v) is 3.68. The topological polar surface area (TPSA) is 59.4 Å². The van der Waals surface area contributed by atoms with Crippen molar-refractivity contribution in [3.63, 3.8) is 0 Å². The van der Waals surface area contributed by atoms with Crippen LogP contribution in [0.25, 0.3) is 0 Å². The largest absolute Gasteiger partial charge is 0.454 e. The minimum absolute atomic E-state index is 0.0182. The number of rotatable bonds is 3. The fourth-order valence-electron chi connectivity index (χ4n) is 3.68. The van der Waals surface area contributed by atoms with Crippen LogP contribution in [0.5, 0.6) is 0 Å². The number of hydrogen-bond donors (Lipinski definition) is 1.